The molecule has 0 aliphatic carbocycles. The molecule has 0 fully saturated rings. The van der Waals surface area contributed by atoms with Crippen molar-refractivity contribution in [2.75, 3.05) is 7.11 Å². The van der Waals surface area contributed by atoms with Gasteiger partial charge in [0.2, 0.25) is 0 Å². The highest BCUT2D eigenvalue weighted by Gasteiger charge is 2.28. The number of alkyl halides is 1. The molecule has 5 heteroatoms. The van der Waals surface area contributed by atoms with E-state index in [4.69, 9.17) is 16.3 Å². The first kappa shape index (κ1) is 15.8. The predicted octanol–water partition coefficient (Wildman–Crippen LogP) is 4.10. The first-order valence-electron chi connectivity index (χ1n) is 7.14. The molecule has 0 saturated heterocycles. The zero-order valence-corrected chi connectivity index (χ0v) is 13.6. The van der Waals surface area contributed by atoms with E-state index in [1.807, 2.05) is 35.8 Å². The van der Waals surface area contributed by atoms with Gasteiger partial charge in [-0.3, -0.25) is 0 Å². The summed E-state index contributed by atoms with van der Waals surface area (Å²) in [5, 5.41) is -0.281. The second kappa shape index (κ2) is 6.48. The fourth-order valence-corrected chi connectivity index (χ4v) is 2.71. The van der Waals surface area contributed by atoms with E-state index in [1.165, 1.54) is 7.11 Å². The summed E-state index contributed by atoms with van der Waals surface area (Å²) in [7, 11) is 1.42. The summed E-state index contributed by atoms with van der Waals surface area (Å²) in [5.41, 5.74) is 1.76. The van der Waals surface area contributed by atoms with E-state index in [0.717, 1.165) is 11.0 Å². The van der Waals surface area contributed by atoms with Crippen molar-refractivity contribution in [1.82, 2.24) is 9.55 Å². The topological polar surface area (TPSA) is 44.1 Å². The summed E-state index contributed by atoms with van der Waals surface area (Å²) < 4.78 is 6.92. The van der Waals surface area contributed by atoms with Crippen LogP contribution in [-0.4, -0.2) is 22.6 Å². The number of esters is 1. The van der Waals surface area contributed by atoms with Gasteiger partial charge in [0, 0.05) is 0 Å². The summed E-state index contributed by atoms with van der Waals surface area (Å²) in [6.07, 6.45) is 0.684. The smallest absolute Gasteiger partial charge is 0.328 e. The molecule has 114 valence electrons. The van der Waals surface area contributed by atoms with Gasteiger partial charge in [0.1, 0.15) is 11.9 Å². The Hall–Kier alpha value is -1.55. The number of halogens is 1. The van der Waals surface area contributed by atoms with E-state index in [9.17, 15) is 4.79 Å². The number of benzene rings is 1. The molecule has 0 radical (unpaired) electrons. The monoisotopic (exact) mass is 308 g/mol. The van der Waals surface area contributed by atoms with Crippen molar-refractivity contribution in [1.29, 1.82) is 0 Å². The zero-order chi connectivity index (χ0) is 15.6. The third-order valence-electron chi connectivity index (χ3n) is 3.46. The van der Waals surface area contributed by atoms with E-state index in [1.54, 1.807) is 0 Å². The highest BCUT2D eigenvalue weighted by Crippen LogP contribution is 2.31. The SMILES string of the molecule is COC(=O)C(CC(C)C)n1c(C(C)Cl)nc2ccccc21. The van der Waals surface area contributed by atoms with Crippen molar-refractivity contribution in [3.63, 3.8) is 0 Å². The maximum absolute atomic E-state index is 12.3. The highest BCUT2D eigenvalue weighted by atomic mass is 35.5. The molecule has 1 aromatic heterocycles. The van der Waals surface area contributed by atoms with Gasteiger partial charge in [0.25, 0.3) is 0 Å². The van der Waals surface area contributed by atoms with Crippen molar-refractivity contribution < 1.29 is 9.53 Å². The molecule has 2 rings (SSSR count). The third kappa shape index (κ3) is 3.21. The van der Waals surface area contributed by atoms with Crippen LogP contribution in [0.1, 0.15) is 44.4 Å². The minimum Gasteiger partial charge on any atom is -0.467 e. The number of hydrogen-bond donors (Lipinski definition) is 0. The molecule has 21 heavy (non-hydrogen) atoms. The number of imidazole rings is 1. The first-order chi connectivity index (χ1) is 9.95. The van der Waals surface area contributed by atoms with Gasteiger partial charge in [0.05, 0.1) is 23.5 Å². The van der Waals surface area contributed by atoms with Crippen molar-refractivity contribution in [3.05, 3.63) is 30.1 Å². The molecule has 0 spiro atoms. The van der Waals surface area contributed by atoms with Crippen LogP contribution in [0.3, 0.4) is 0 Å². The number of hydrogen-bond acceptors (Lipinski definition) is 3. The minimum absolute atomic E-state index is 0.259. The molecule has 4 nitrogen and oxygen atoms in total. The Balaban J connectivity index is 2.64. The molecule has 0 bridgehead atoms. The summed E-state index contributed by atoms with van der Waals surface area (Å²) in [4.78, 5) is 16.8. The minimum atomic E-state index is -0.404. The van der Waals surface area contributed by atoms with Gasteiger partial charge in [-0.25, -0.2) is 9.78 Å². The molecule has 2 atom stereocenters. The van der Waals surface area contributed by atoms with Crippen LogP contribution in [0.5, 0.6) is 0 Å². The number of carbonyl (C=O) groups is 1. The third-order valence-corrected chi connectivity index (χ3v) is 3.65. The molecular weight excluding hydrogens is 288 g/mol. The second-order valence-electron chi connectivity index (χ2n) is 5.61. The molecule has 1 heterocycles. The van der Waals surface area contributed by atoms with Crippen molar-refractivity contribution in [2.45, 2.75) is 38.6 Å². The number of nitrogens with zero attached hydrogens (tertiary/aromatic N) is 2. The largest absolute Gasteiger partial charge is 0.467 e. The summed E-state index contributed by atoms with van der Waals surface area (Å²) >= 11 is 6.27. The lowest BCUT2D eigenvalue weighted by molar-refractivity contribution is -0.145. The quantitative estimate of drug-likeness (QED) is 0.617. The van der Waals surface area contributed by atoms with E-state index < -0.39 is 6.04 Å². The standard InChI is InChI=1S/C16H21ClN2O2/c1-10(2)9-14(16(20)21-4)19-13-8-6-5-7-12(13)18-15(19)11(3)17/h5-8,10-11,14H,9H2,1-4H3. The Kier molecular flexibility index (Phi) is 4.88. The molecule has 0 aliphatic rings. The van der Waals surface area contributed by atoms with E-state index in [-0.39, 0.29) is 11.3 Å². The van der Waals surface area contributed by atoms with Crippen LogP contribution in [0.25, 0.3) is 11.0 Å². The number of para-hydroxylation sites is 2. The van der Waals surface area contributed by atoms with Gasteiger partial charge in [-0.1, -0.05) is 26.0 Å². The number of fused-ring (bicyclic) bond motifs is 1. The lowest BCUT2D eigenvalue weighted by atomic mass is 10.0. The fraction of sp³-hybridized carbons (Fsp3) is 0.500. The molecular formula is C16H21ClN2O2. The normalized spacial score (nSPS) is 14.4. The molecule has 2 aromatic rings. The van der Waals surface area contributed by atoms with Crippen LogP contribution in [0.2, 0.25) is 0 Å². The van der Waals surface area contributed by atoms with Crippen molar-refractivity contribution in [3.8, 4) is 0 Å². The molecule has 0 N–H and O–H groups in total. The van der Waals surface area contributed by atoms with Crippen LogP contribution < -0.4 is 0 Å². The van der Waals surface area contributed by atoms with Crippen LogP contribution in [0.15, 0.2) is 24.3 Å². The van der Waals surface area contributed by atoms with E-state index >= 15 is 0 Å². The van der Waals surface area contributed by atoms with Gasteiger partial charge in [-0.05, 0) is 31.4 Å². The molecule has 0 aliphatic heterocycles. The Labute approximate surface area is 130 Å². The van der Waals surface area contributed by atoms with Crippen LogP contribution >= 0.6 is 11.6 Å². The average molecular weight is 309 g/mol. The van der Waals surface area contributed by atoms with Gasteiger partial charge in [-0.2, -0.15) is 0 Å². The zero-order valence-electron chi connectivity index (χ0n) is 12.8. The number of methoxy groups -OCH3 is 1. The molecule has 1 aromatic carbocycles. The maximum Gasteiger partial charge on any atom is 0.328 e. The number of ether oxygens (including phenoxy) is 1. The van der Waals surface area contributed by atoms with Crippen LogP contribution in [0, 0.1) is 5.92 Å². The Bertz CT molecular complexity index is 634. The summed E-state index contributed by atoms with van der Waals surface area (Å²) in [6, 6.07) is 7.35. The van der Waals surface area contributed by atoms with Crippen molar-refractivity contribution >= 4 is 28.6 Å². The van der Waals surface area contributed by atoms with Gasteiger partial charge in [0.15, 0.2) is 0 Å². The first-order valence-corrected chi connectivity index (χ1v) is 7.58. The fourth-order valence-electron chi connectivity index (χ4n) is 2.56. The lowest BCUT2D eigenvalue weighted by Crippen LogP contribution is -2.24. The van der Waals surface area contributed by atoms with Gasteiger partial charge in [-0.15, -0.1) is 11.6 Å². The Morgan fingerprint density at radius 2 is 2.00 bits per heavy atom. The Morgan fingerprint density at radius 1 is 1.33 bits per heavy atom. The molecule has 0 amide bonds. The average Bonchev–Trinajstić information content (AvgIpc) is 2.83. The van der Waals surface area contributed by atoms with Crippen LogP contribution in [-0.2, 0) is 9.53 Å². The van der Waals surface area contributed by atoms with Gasteiger partial charge < -0.3 is 9.30 Å². The Morgan fingerprint density at radius 3 is 2.57 bits per heavy atom. The number of aromatic nitrogens is 2. The number of rotatable bonds is 5. The highest BCUT2D eigenvalue weighted by molar-refractivity contribution is 6.20. The lowest BCUT2D eigenvalue weighted by Gasteiger charge is -2.22. The molecule has 0 saturated carbocycles. The second-order valence-corrected chi connectivity index (χ2v) is 6.27. The predicted molar refractivity (Wildman–Crippen MR) is 84.5 cm³/mol. The molecule has 2 unspecified atom stereocenters. The summed E-state index contributed by atoms with van der Waals surface area (Å²) in [5.74, 6) is 0.799. The van der Waals surface area contributed by atoms with E-state index in [2.05, 4.69) is 18.8 Å². The summed E-state index contributed by atoms with van der Waals surface area (Å²) in [6.45, 7) is 6.03. The number of carbonyl (C=O) groups excluding carboxylic acids is 1. The van der Waals surface area contributed by atoms with E-state index in [0.29, 0.717) is 18.2 Å². The van der Waals surface area contributed by atoms with Gasteiger partial charge >= 0.3 is 5.97 Å². The van der Waals surface area contributed by atoms with Crippen LogP contribution in [0.4, 0.5) is 0 Å². The van der Waals surface area contributed by atoms with Crippen molar-refractivity contribution in [2.24, 2.45) is 5.92 Å². The maximum atomic E-state index is 12.3.